The highest BCUT2D eigenvalue weighted by molar-refractivity contribution is 5.17. The second-order valence-electron chi connectivity index (χ2n) is 5.53. The molecular formula is C15H24N2O. The molecule has 1 saturated carbocycles. The highest BCUT2D eigenvalue weighted by Gasteiger charge is 2.38. The number of hydrogen-bond acceptors (Lipinski definition) is 3. The van der Waals surface area contributed by atoms with Crippen LogP contribution in [0.2, 0.25) is 0 Å². The van der Waals surface area contributed by atoms with E-state index in [0.717, 1.165) is 12.1 Å². The first kappa shape index (κ1) is 13.5. The zero-order valence-electron chi connectivity index (χ0n) is 11.4. The maximum atomic E-state index is 10.1. The largest absolute Gasteiger partial charge is 0.387 e. The average molecular weight is 248 g/mol. The Hall–Kier alpha value is -0.900. The van der Waals surface area contributed by atoms with Gasteiger partial charge in [-0.2, -0.15) is 0 Å². The molecule has 0 saturated heterocycles. The van der Waals surface area contributed by atoms with E-state index in [4.69, 9.17) is 0 Å². The SMILES string of the molecule is CN(C)C1(CNCC(O)c2ccccc2)CCC1. The molecule has 0 aliphatic heterocycles. The van der Waals surface area contributed by atoms with Crippen molar-refractivity contribution < 1.29 is 5.11 Å². The van der Waals surface area contributed by atoms with Crippen LogP contribution in [0.1, 0.15) is 30.9 Å². The Morgan fingerprint density at radius 1 is 1.28 bits per heavy atom. The molecule has 1 aromatic carbocycles. The third-order valence-electron chi connectivity index (χ3n) is 4.21. The third kappa shape index (κ3) is 2.91. The van der Waals surface area contributed by atoms with Crippen molar-refractivity contribution in [1.82, 2.24) is 10.2 Å². The first-order valence-corrected chi connectivity index (χ1v) is 6.75. The summed E-state index contributed by atoms with van der Waals surface area (Å²) in [5.74, 6) is 0. The number of aliphatic hydroxyl groups excluding tert-OH is 1. The molecule has 0 amide bonds. The molecule has 0 aromatic heterocycles. The van der Waals surface area contributed by atoms with E-state index in [1.54, 1.807) is 0 Å². The lowest BCUT2D eigenvalue weighted by Crippen LogP contribution is -2.56. The first-order chi connectivity index (χ1) is 8.64. The van der Waals surface area contributed by atoms with Gasteiger partial charge in [0.25, 0.3) is 0 Å². The molecule has 0 spiro atoms. The van der Waals surface area contributed by atoms with E-state index in [1.165, 1.54) is 19.3 Å². The predicted octanol–water partition coefficient (Wildman–Crippen LogP) is 1.79. The van der Waals surface area contributed by atoms with E-state index in [0.29, 0.717) is 12.1 Å². The molecule has 1 unspecified atom stereocenters. The molecule has 3 heteroatoms. The number of nitrogens with one attached hydrogen (secondary N) is 1. The van der Waals surface area contributed by atoms with Gasteiger partial charge in [-0.15, -0.1) is 0 Å². The molecule has 0 radical (unpaired) electrons. The van der Waals surface area contributed by atoms with E-state index >= 15 is 0 Å². The van der Waals surface area contributed by atoms with Crippen molar-refractivity contribution in [3.05, 3.63) is 35.9 Å². The van der Waals surface area contributed by atoms with Crippen molar-refractivity contribution in [3.8, 4) is 0 Å². The molecular weight excluding hydrogens is 224 g/mol. The Balaban J connectivity index is 1.79. The molecule has 2 N–H and O–H groups in total. The first-order valence-electron chi connectivity index (χ1n) is 6.75. The van der Waals surface area contributed by atoms with Crippen molar-refractivity contribution in [2.45, 2.75) is 30.9 Å². The summed E-state index contributed by atoms with van der Waals surface area (Å²) < 4.78 is 0. The molecule has 0 bridgehead atoms. The number of benzene rings is 1. The zero-order valence-corrected chi connectivity index (χ0v) is 11.4. The van der Waals surface area contributed by atoms with Gasteiger partial charge >= 0.3 is 0 Å². The molecule has 1 aromatic rings. The van der Waals surface area contributed by atoms with Gasteiger partial charge in [0.2, 0.25) is 0 Å². The normalized spacial score (nSPS) is 19.6. The van der Waals surface area contributed by atoms with Gasteiger partial charge in [-0.1, -0.05) is 30.3 Å². The van der Waals surface area contributed by atoms with Crippen molar-refractivity contribution in [2.24, 2.45) is 0 Å². The quantitative estimate of drug-likeness (QED) is 0.806. The monoisotopic (exact) mass is 248 g/mol. The summed E-state index contributed by atoms with van der Waals surface area (Å²) in [7, 11) is 4.29. The van der Waals surface area contributed by atoms with Crippen LogP contribution in [-0.2, 0) is 0 Å². The van der Waals surface area contributed by atoms with Crippen LogP contribution in [0.15, 0.2) is 30.3 Å². The minimum absolute atomic E-state index is 0.316. The van der Waals surface area contributed by atoms with E-state index in [-0.39, 0.29) is 0 Å². The number of rotatable bonds is 6. The van der Waals surface area contributed by atoms with Gasteiger partial charge in [-0.3, -0.25) is 0 Å². The van der Waals surface area contributed by atoms with E-state index in [9.17, 15) is 5.11 Å². The molecule has 3 nitrogen and oxygen atoms in total. The maximum absolute atomic E-state index is 10.1. The van der Waals surface area contributed by atoms with E-state index in [1.807, 2.05) is 30.3 Å². The average Bonchev–Trinajstić information content (AvgIpc) is 2.33. The molecule has 0 heterocycles. The lowest BCUT2D eigenvalue weighted by molar-refractivity contribution is 0.0555. The topological polar surface area (TPSA) is 35.5 Å². The second kappa shape index (κ2) is 5.83. The van der Waals surface area contributed by atoms with Crippen LogP contribution in [0, 0.1) is 0 Å². The molecule has 2 rings (SSSR count). The number of hydrogen-bond donors (Lipinski definition) is 2. The summed E-state index contributed by atoms with van der Waals surface area (Å²) in [4.78, 5) is 2.32. The number of aliphatic hydroxyl groups is 1. The van der Waals surface area contributed by atoms with Gasteiger partial charge in [0.15, 0.2) is 0 Å². The van der Waals surface area contributed by atoms with Crippen molar-refractivity contribution in [1.29, 1.82) is 0 Å². The summed E-state index contributed by atoms with van der Waals surface area (Å²) >= 11 is 0. The van der Waals surface area contributed by atoms with Gasteiger partial charge in [-0.05, 0) is 38.9 Å². The fraction of sp³-hybridized carbons (Fsp3) is 0.600. The fourth-order valence-corrected chi connectivity index (χ4v) is 2.60. The highest BCUT2D eigenvalue weighted by Crippen LogP contribution is 2.35. The molecule has 18 heavy (non-hydrogen) atoms. The van der Waals surface area contributed by atoms with Crippen molar-refractivity contribution in [3.63, 3.8) is 0 Å². The fourth-order valence-electron chi connectivity index (χ4n) is 2.60. The minimum atomic E-state index is -0.412. The standard InChI is InChI=1S/C15H24N2O/c1-17(2)15(9-6-10-15)12-16-11-14(18)13-7-4-3-5-8-13/h3-5,7-8,14,16,18H,6,9-12H2,1-2H3. The summed E-state index contributed by atoms with van der Waals surface area (Å²) in [5.41, 5.74) is 1.30. The third-order valence-corrected chi connectivity index (χ3v) is 4.21. The van der Waals surface area contributed by atoms with Gasteiger partial charge in [0, 0.05) is 18.6 Å². The smallest absolute Gasteiger partial charge is 0.0914 e. The summed E-state index contributed by atoms with van der Waals surface area (Å²) in [6.07, 6.45) is 3.43. The van der Waals surface area contributed by atoms with Gasteiger partial charge in [0.05, 0.1) is 6.10 Å². The molecule has 100 valence electrons. The van der Waals surface area contributed by atoms with Crippen LogP contribution in [0.4, 0.5) is 0 Å². The van der Waals surface area contributed by atoms with E-state index in [2.05, 4.69) is 24.3 Å². The Bertz CT molecular complexity index is 360. The highest BCUT2D eigenvalue weighted by atomic mass is 16.3. The van der Waals surface area contributed by atoms with Crippen molar-refractivity contribution in [2.75, 3.05) is 27.2 Å². The Morgan fingerprint density at radius 3 is 2.44 bits per heavy atom. The van der Waals surface area contributed by atoms with Gasteiger partial charge in [-0.25, -0.2) is 0 Å². The number of nitrogens with zero attached hydrogens (tertiary/aromatic N) is 1. The van der Waals surface area contributed by atoms with Gasteiger partial charge in [0.1, 0.15) is 0 Å². The summed E-state index contributed by atoms with van der Waals surface area (Å²) in [6.45, 7) is 1.59. The van der Waals surface area contributed by atoms with Crippen LogP contribution in [0.25, 0.3) is 0 Å². The van der Waals surface area contributed by atoms with Crippen LogP contribution >= 0.6 is 0 Å². The Labute approximate surface area is 110 Å². The van der Waals surface area contributed by atoms with Crippen molar-refractivity contribution >= 4 is 0 Å². The van der Waals surface area contributed by atoms with Crippen LogP contribution in [-0.4, -0.2) is 42.7 Å². The van der Waals surface area contributed by atoms with Crippen LogP contribution in [0.3, 0.4) is 0 Å². The summed E-state index contributed by atoms with van der Waals surface area (Å²) in [5, 5.41) is 13.5. The minimum Gasteiger partial charge on any atom is -0.387 e. The predicted molar refractivity (Wildman–Crippen MR) is 74.5 cm³/mol. The molecule has 1 aliphatic rings. The summed E-state index contributed by atoms with van der Waals surface area (Å²) in [6, 6.07) is 9.84. The Kier molecular flexibility index (Phi) is 4.38. The van der Waals surface area contributed by atoms with Crippen LogP contribution in [0.5, 0.6) is 0 Å². The molecule has 1 fully saturated rings. The maximum Gasteiger partial charge on any atom is 0.0914 e. The zero-order chi connectivity index (χ0) is 13.0. The molecule has 1 aliphatic carbocycles. The second-order valence-corrected chi connectivity index (χ2v) is 5.53. The van der Waals surface area contributed by atoms with Gasteiger partial charge < -0.3 is 15.3 Å². The number of likely N-dealkylation sites (N-methyl/N-ethyl adjacent to an activating group) is 1. The molecule has 1 atom stereocenters. The van der Waals surface area contributed by atoms with Crippen LogP contribution < -0.4 is 5.32 Å². The lowest BCUT2D eigenvalue weighted by atomic mass is 9.75. The Morgan fingerprint density at radius 2 is 1.94 bits per heavy atom. The lowest BCUT2D eigenvalue weighted by Gasteiger charge is -2.47. The van der Waals surface area contributed by atoms with E-state index < -0.39 is 6.10 Å².